The number of rotatable bonds is 1. The van der Waals surface area contributed by atoms with Gasteiger partial charge in [0, 0.05) is 18.3 Å². The van der Waals surface area contributed by atoms with E-state index in [1.54, 1.807) is 0 Å². The van der Waals surface area contributed by atoms with Gasteiger partial charge in [-0.3, -0.25) is 9.59 Å². The van der Waals surface area contributed by atoms with Crippen molar-refractivity contribution < 1.29 is 14.3 Å². The van der Waals surface area contributed by atoms with Crippen LogP contribution >= 0.6 is 0 Å². The average Bonchev–Trinajstić information content (AvgIpc) is 2.29. The van der Waals surface area contributed by atoms with Crippen molar-refractivity contribution in [3.8, 4) is 0 Å². The Bertz CT molecular complexity index is 363. The highest BCUT2D eigenvalue weighted by atomic mass is 16.5. The summed E-state index contributed by atoms with van der Waals surface area (Å²) in [7, 11) is 0. The van der Waals surface area contributed by atoms with Crippen LogP contribution in [0.2, 0.25) is 0 Å². The topological polar surface area (TPSA) is 43.4 Å². The molecule has 0 aromatic heterocycles. The minimum atomic E-state index is -0.203. The Morgan fingerprint density at radius 1 is 1.28 bits per heavy atom. The number of fused-ring (bicyclic) bond motifs is 1. The molecule has 102 valence electrons. The van der Waals surface area contributed by atoms with Gasteiger partial charge in [-0.2, -0.15) is 0 Å². The number of carbonyl (C=O) groups is 2. The van der Waals surface area contributed by atoms with E-state index in [2.05, 4.69) is 13.8 Å². The van der Waals surface area contributed by atoms with Crippen LogP contribution in [0.4, 0.5) is 0 Å². The molecule has 0 heterocycles. The molecule has 0 aliphatic heterocycles. The number of hydrogen-bond acceptors (Lipinski definition) is 3. The van der Waals surface area contributed by atoms with Gasteiger partial charge in [-0.15, -0.1) is 0 Å². The van der Waals surface area contributed by atoms with Crippen LogP contribution in [-0.2, 0) is 14.3 Å². The minimum absolute atomic E-state index is 0.00165. The van der Waals surface area contributed by atoms with Gasteiger partial charge >= 0.3 is 5.97 Å². The molecule has 3 heteroatoms. The van der Waals surface area contributed by atoms with Crippen LogP contribution in [0.3, 0.4) is 0 Å². The van der Waals surface area contributed by atoms with Crippen molar-refractivity contribution in [2.75, 3.05) is 0 Å². The molecule has 0 aromatic carbocycles. The van der Waals surface area contributed by atoms with E-state index < -0.39 is 0 Å². The quantitative estimate of drug-likeness (QED) is 0.674. The van der Waals surface area contributed by atoms with Crippen molar-refractivity contribution in [3.05, 3.63) is 0 Å². The van der Waals surface area contributed by atoms with E-state index in [9.17, 15) is 9.59 Å². The molecule has 0 aromatic rings. The van der Waals surface area contributed by atoms with Crippen molar-refractivity contribution >= 4 is 11.8 Å². The third-order valence-corrected chi connectivity index (χ3v) is 5.23. The fourth-order valence-electron chi connectivity index (χ4n) is 4.12. The predicted octanol–water partition coefficient (Wildman–Crippen LogP) is 2.97. The first-order valence-corrected chi connectivity index (χ1v) is 7.08. The molecule has 2 fully saturated rings. The molecule has 2 rings (SSSR count). The maximum atomic E-state index is 12.4. The monoisotopic (exact) mass is 252 g/mol. The Morgan fingerprint density at radius 3 is 2.56 bits per heavy atom. The molecule has 0 saturated heterocycles. The summed E-state index contributed by atoms with van der Waals surface area (Å²) in [6.45, 7) is 7.77. The second-order valence-corrected chi connectivity index (χ2v) is 6.41. The Balaban J connectivity index is 2.18. The van der Waals surface area contributed by atoms with Gasteiger partial charge in [0.05, 0.1) is 0 Å². The van der Waals surface area contributed by atoms with Crippen LogP contribution in [-0.4, -0.2) is 17.9 Å². The average molecular weight is 252 g/mol. The fraction of sp³-hybridized carbons (Fsp3) is 0.867. The summed E-state index contributed by atoms with van der Waals surface area (Å²) < 4.78 is 5.41. The molecule has 5 atom stereocenters. The molecule has 0 unspecified atom stereocenters. The number of hydrogen-bond donors (Lipinski definition) is 0. The van der Waals surface area contributed by atoms with Crippen LogP contribution in [0.15, 0.2) is 0 Å². The van der Waals surface area contributed by atoms with E-state index in [0.717, 1.165) is 25.7 Å². The lowest BCUT2D eigenvalue weighted by Gasteiger charge is -2.51. The summed E-state index contributed by atoms with van der Waals surface area (Å²) in [5, 5.41) is 0. The summed E-state index contributed by atoms with van der Waals surface area (Å²) in [5.74, 6) is 1.09. The molecule has 2 aliphatic carbocycles. The van der Waals surface area contributed by atoms with E-state index in [1.165, 1.54) is 6.92 Å². The fourth-order valence-corrected chi connectivity index (χ4v) is 4.12. The lowest BCUT2D eigenvalue weighted by molar-refractivity contribution is -0.163. The van der Waals surface area contributed by atoms with E-state index >= 15 is 0 Å². The Morgan fingerprint density at radius 2 is 1.94 bits per heavy atom. The zero-order valence-electron chi connectivity index (χ0n) is 11.9. The van der Waals surface area contributed by atoms with Crippen molar-refractivity contribution in [2.45, 2.75) is 59.5 Å². The zero-order chi connectivity index (χ0) is 13.5. The van der Waals surface area contributed by atoms with Crippen LogP contribution < -0.4 is 0 Å². The molecule has 2 saturated carbocycles. The first-order chi connectivity index (χ1) is 8.36. The van der Waals surface area contributed by atoms with Gasteiger partial charge in [0.1, 0.15) is 11.9 Å². The largest absolute Gasteiger partial charge is 0.462 e. The zero-order valence-corrected chi connectivity index (χ0v) is 11.9. The smallest absolute Gasteiger partial charge is 0.302 e. The highest BCUT2D eigenvalue weighted by Crippen LogP contribution is 2.52. The Labute approximate surface area is 109 Å². The number of carbonyl (C=O) groups excluding carboxylic acids is 2. The number of ketones is 1. The molecule has 0 amide bonds. The minimum Gasteiger partial charge on any atom is -0.462 e. The Kier molecular flexibility index (Phi) is 3.52. The molecule has 18 heavy (non-hydrogen) atoms. The third-order valence-electron chi connectivity index (χ3n) is 5.23. The van der Waals surface area contributed by atoms with E-state index in [0.29, 0.717) is 17.6 Å². The second kappa shape index (κ2) is 4.67. The van der Waals surface area contributed by atoms with Crippen molar-refractivity contribution in [3.63, 3.8) is 0 Å². The molecule has 0 N–H and O–H groups in total. The predicted molar refractivity (Wildman–Crippen MR) is 69.0 cm³/mol. The van der Waals surface area contributed by atoms with Gasteiger partial charge in [-0.1, -0.05) is 20.8 Å². The van der Waals surface area contributed by atoms with Crippen LogP contribution in [0.5, 0.6) is 0 Å². The molecule has 0 bridgehead atoms. The van der Waals surface area contributed by atoms with Gasteiger partial charge < -0.3 is 4.74 Å². The summed E-state index contributed by atoms with van der Waals surface area (Å²) in [6.07, 6.45) is 3.76. The standard InChI is InChI=1S/C15H24O3/c1-9-5-6-12-10(2)13(18-11(3)16)7-8-15(12,4)14(9)17/h9-10,12-13H,5-8H2,1-4H3/t9-,10+,12+,13+,15+/m1/s1. The highest BCUT2D eigenvalue weighted by molar-refractivity contribution is 5.87. The summed E-state index contributed by atoms with van der Waals surface area (Å²) in [5.41, 5.74) is -0.187. The van der Waals surface area contributed by atoms with Gasteiger partial charge in [0.2, 0.25) is 0 Å². The lowest BCUT2D eigenvalue weighted by Crippen LogP contribution is -2.52. The van der Waals surface area contributed by atoms with Crippen LogP contribution in [0.1, 0.15) is 53.4 Å². The summed E-state index contributed by atoms with van der Waals surface area (Å²) in [6, 6.07) is 0. The molecule has 3 nitrogen and oxygen atoms in total. The van der Waals surface area contributed by atoms with Crippen molar-refractivity contribution in [1.29, 1.82) is 0 Å². The van der Waals surface area contributed by atoms with E-state index in [1.807, 2.05) is 6.92 Å². The summed E-state index contributed by atoms with van der Waals surface area (Å²) in [4.78, 5) is 23.6. The second-order valence-electron chi connectivity index (χ2n) is 6.41. The first-order valence-electron chi connectivity index (χ1n) is 7.08. The Hall–Kier alpha value is -0.860. The molecular weight excluding hydrogens is 228 g/mol. The molecule has 2 aliphatic rings. The third kappa shape index (κ3) is 2.08. The summed E-state index contributed by atoms with van der Waals surface area (Å²) >= 11 is 0. The molecule has 0 spiro atoms. The van der Waals surface area contributed by atoms with Crippen molar-refractivity contribution in [1.82, 2.24) is 0 Å². The first kappa shape index (κ1) is 13.6. The van der Waals surface area contributed by atoms with Gasteiger partial charge in [-0.05, 0) is 37.5 Å². The number of ether oxygens (including phenoxy) is 1. The maximum Gasteiger partial charge on any atom is 0.302 e. The van der Waals surface area contributed by atoms with Gasteiger partial charge in [0.15, 0.2) is 0 Å². The van der Waals surface area contributed by atoms with Gasteiger partial charge in [0.25, 0.3) is 0 Å². The SMILES string of the molecule is CC(=O)O[C@H]1CC[C@]2(C)C(=O)[C@H](C)CC[C@H]2[C@@H]1C. The van der Waals surface area contributed by atoms with E-state index in [4.69, 9.17) is 4.74 Å². The van der Waals surface area contributed by atoms with Crippen molar-refractivity contribution in [2.24, 2.45) is 23.2 Å². The highest BCUT2D eigenvalue weighted by Gasteiger charge is 2.52. The van der Waals surface area contributed by atoms with Crippen LogP contribution in [0.25, 0.3) is 0 Å². The maximum absolute atomic E-state index is 12.4. The number of esters is 1. The van der Waals surface area contributed by atoms with Gasteiger partial charge in [-0.25, -0.2) is 0 Å². The van der Waals surface area contributed by atoms with Crippen LogP contribution in [0, 0.1) is 23.2 Å². The molecule has 0 radical (unpaired) electrons. The van der Waals surface area contributed by atoms with E-state index in [-0.39, 0.29) is 23.4 Å². The molecular formula is C15H24O3. The normalized spacial score (nSPS) is 44.3. The lowest BCUT2D eigenvalue weighted by atomic mass is 9.54. The number of Topliss-reactive ketones (excluding diaryl/α,β-unsaturated/α-hetero) is 1.